The lowest BCUT2D eigenvalue weighted by molar-refractivity contribution is -0.120. The standard InChI is InChI=1S/C15H21N3OS/c1-10-7-8-12(13(9-10)18-15(16)20)17-14(19)11-5-3-2-4-6-11/h7-9,11H,2-6H2,1H3,(H,17,19)(H3,16,18,20). The maximum absolute atomic E-state index is 12.3. The Morgan fingerprint density at radius 3 is 2.55 bits per heavy atom. The van der Waals surface area contributed by atoms with Crippen molar-refractivity contribution >= 4 is 34.6 Å². The molecule has 1 aliphatic rings. The van der Waals surface area contributed by atoms with Crippen molar-refractivity contribution in [2.45, 2.75) is 39.0 Å². The molecule has 5 heteroatoms. The third-order valence-electron chi connectivity index (χ3n) is 3.67. The van der Waals surface area contributed by atoms with Crippen LogP contribution < -0.4 is 16.4 Å². The highest BCUT2D eigenvalue weighted by Crippen LogP contribution is 2.28. The molecule has 20 heavy (non-hydrogen) atoms. The summed E-state index contributed by atoms with van der Waals surface area (Å²) in [6.07, 6.45) is 5.49. The minimum atomic E-state index is 0.0968. The molecule has 0 bridgehead atoms. The van der Waals surface area contributed by atoms with Crippen molar-refractivity contribution in [1.29, 1.82) is 0 Å². The predicted octanol–water partition coefficient (Wildman–Crippen LogP) is 3.17. The second-order valence-electron chi connectivity index (χ2n) is 5.36. The minimum Gasteiger partial charge on any atom is -0.376 e. The highest BCUT2D eigenvalue weighted by molar-refractivity contribution is 7.80. The van der Waals surface area contributed by atoms with Crippen LogP contribution in [0.3, 0.4) is 0 Å². The van der Waals surface area contributed by atoms with E-state index in [9.17, 15) is 4.79 Å². The van der Waals surface area contributed by atoms with Gasteiger partial charge in [-0.05, 0) is 49.7 Å². The molecule has 0 radical (unpaired) electrons. The molecular formula is C15H21N3OS. The average molecular weight is 291 g/mol. The quantitative estimate of drug-likeness (QED) is 0.748. The van der Waals surface area contributed by atoms with Crippen molar-refractivity contribution in [1.82, 2.24) is 0 Å². The Balaban J connectivity index is 2.11. The second-order valence-corrected chi connectivity index (χ2v) is 5.80. The summed E-state index contributed by atoms with van der Waals surface area (Å²) < 4.78 is 0. The van der Waals surface area contributed by atoms with Crippen LogP contribution in [-0.4, -0.2) is 11.0 Å². The summed E-state index contributed by atoms with van der Waals surface area (Å²) in [6, 6.07) is 5.77. The molecule has 0 atom stereocenters. The van der Waals surface area contributed by atoms with Crippen molar-refractivity contribution in [2.75, 3.05) is 10.6 Å². The number of rotatable bonds is 3. The van der Waals surface area contributed by atoms with Gasteiger partial charge in [0.05, 0.1) is 11.4 Å². The van der Waals surface area contributed by atoms with Crippen LogP contribution >= 0.6 is 12.2 Å². The van der Waals surface area contributed by atoms with Crippen molar-refractivity contribution in [3.8, 4) is 0 Å². The average Bonchev–Trinajstić information content (AvgIpc) is 2.42. The number of carbonyl (C=O) groups excluding carboxylic acids is 1. The fourth-order valence-electron chi connectivity index (χ4n) is 2.60. The number of carbonyl (C=O) groups is 1. The summed E-state index contributed by atoms with van der Waals surface area (Å²) in [6.45, 7) is 1.98. The van der Waals surface area contributed by atoms with Gasteiger partial charge in [0.25, 0.3) is 0 Å². The number of anilines is 2. The Hall–Kier alpha value is -1.62. The Morgan fingerprint density at radius 1 is 1.20 bits per heavy atom. The second kappa shape index (κ2) is 6.70. The zero-order chi connectivity index (χ0) is 14.5. The van der Waals surface area contributed by atoms with Crippen molar-refractivity contribution in [2.24, 2.45) is 11.7 Å². The van der Waals surface area contributed by atoms with Crippen LogP contribution in [0.15, 0.2) is 18.2 Å². The van der Waals surface area contributed by atoms with E-state index in [1.165, 1.54) is 6.42 Å². The molecule has 0 aromatic heterocycles. The zero-order valence-electron chi connectivity index (χ0n) is 11.7. The molecule has 1 aliphatic carbocycles. The van der Waals surface area contributed by atoms with E-state index in [4.69, 9.17) is 18.0 Å². The van der Waals surface area contributed by atoms with E-state index < -0.39 is 0 Å². The highest BCUT2D eigenvalue weighted by atomic mass is 32.1. The summed E-state index contributed by atoms with van der Waals surface area (Å²) in [5.41, 5.74) is 8.09. The molecule has 108 valence electrons. The van der Waals surface area contributed by atoms with Crippen LogP contribution in [-0.2, 0) is 4.79 Å². The number of thiocarbonyl (C=S) groups is 1. The number of nitrogens with one attached hydrogen (secondary N) is 2. The number of benzene rings is 1. The summed E-state index contributed by atoms with van der Waals surface area (Å²) in [4.78, 5) is 12.3. The molecule has 0 saturated heterocycles. The topological polar surface area (TPSA) is 67.2 Å². The van der Waals surface area contributed by atoms with Crippen molar-refractivity contribution < 1.29 is 4.79 Å². The maximum atomic E-state index is 12.3. The lowest BCUT2D eigenvalue weighted by Crippen LogP contribution is -2.26. The lowest BCUT2D eigenvalue weighted by atomic mass is 9.88. The third-order valence-corrected chi connectivity index (χ3v) is 3.77. The van der Waals surface area contributed by atoms with Crippen LogP contribution in [0.4, 0.5) is 11.4 Å². The van der Waals surface area contributed by atoms with Gasteiger partial charge < -0.3 is 16.4 Å². The first-order valence-electron chi connectivity index (χ1n) is 7.04. The van der Waals surface area contributed by atoms with E-state index in [0.29, 0.717) is 0 Å². The van der Waals surface area contributed by atoms with Gasteiger partial charge in [0.15, 0.2) is 5.11 Å². The first-order valence-corrected chi connectivity index (χ1v) is 7.45. The normalized spacial score (nSPS) is 15.7. The van der Waals surface area contributed by atoms with E-state index in [1.807, 2.05) is 25.1 Å². The molecule has 1 saturated carbocycles. The van der Waals surface area contributed by atoms with E-state index in [0.717, 1.165) is 42.6 Å². The molecule has 4 N–H and O–H groups in total. The number of hydrogen-bond donors (Lipinski definition) is 3. The van der Waals surface area contributed by atoms with Gasteiger partial charge in [0.2, 0.25) is 5.91 Å². The largest absolute Gasteiger partial charge is 0.376 e. The molecule has 0 heterocycles. The van der Waals surface area contributed by atoms with Gasteiger partial charge in [-0.1, -0.05) is 25.3 Å². The molecule has 1 fully saturated rings. The van der Waals surface area contributed by atoms with Gasteiger partial charge >= 0.3 is 0 Å². The fourth-order valence-corrected chi connectivity index (χ4v) is 2.71. The number of hydrogen-bond acceptors (Lipinski definition) is 2. The summed E-state index contributed by atoms with van der Waals surface area (Å²) >= 11 is 4.87. The van der Waals surface area contributed by atoms with E-state index in [-0.39, 0.29) is 16.9 Å². The van der Waals surface area contributed by atoms with Crippen LogP contribution in [0.1, 0.15) is 37.7 Å². The first kappa shape index (κ1) is 14.8. The zero-order valence-corrected chi connectivity index (χ0v) is 12.6. The van der Waals surface area contributed by atoms with E-state index in [2.05, 4.69) is 10.6 Å². The number of aryl methyl sites for hydroxylation is 1. The fraction of sp³-hybridized carbons (Fsp3) is 0.467. The predicted molar refractivity (Wildman–Crippen MR) is 86.8 cm³/mol. The molecule has 0 spiro atoms. The van der Waals surface area contributed by atoms with E-state index >= 15 is 0 Å². The molecular weight excluding hydrogens is 270 g/mol. The van der Waals surface area contributed by atoms with Gasteiger partial charge in [-0.2, -0.15) is 0 Å². The molecule has 0 unspecified atom stereocenters. The van der Waals surface area contributed by atoms with Gasteiger partial charge in [0, 0.05) is 5.92 Å². The highest BCUT2D eigenvalue weighted by Gasteiger charge is 2.21. The van der Waals surface area contributed by atoms with Gasteiger partial charge in [-0.15, -0.1) is 0 Å². The van der Waals surface area contributed by atoms with Gasteiger partial charge in [-0.3, -0.25) is 4.79 Å². The smallest absolute Gasteiger partial charge is 0.227 e. The minimum absolute atomic E-state index is 0.0968. The SMILES string of the molecule is Cc1ccc(NC(=O)C2CCCCC2)c(NC(N)=S)c1. The monoisotopic (exact) mass is 291 g/mol. The molecule has 1 amide bonds. The Morgan fingerprint density at radius 2 is 1.90 bits per heavy atom. The number of nitrogens with two attached hydrogens (primary N) is 1. The molecule has 2 rings (SSSR count). The first-order chi connectivity index (χ1) is 9.56. The van der Waals surface area contributed by atoms with Gasteiger partial charge in [0.1, 0.15) is 0 Å². The summed E-state index contributed by atoms with van der Waals surface area (Å²) in [5, 5.41) is 6.11. The lowest BCUT2D eigenvalue weighted by Gasteiger charge is -2.21. The van der Waals surface area contributed by atoms with Crippen molar-refractivity contribution in [3.63, 3.8) is 0 Å². The third kappa shape index (κ3) is 3.93. The Bertz CT molecular complexity index is 510. The van der Waals surface area contributed by atoms with Crippen molar-refractivity contribution in [3.05, 3.63) is 23.8 Å². The van der Waals surface area contributed by atoms with E-state index in [1.54, 1.807) is 0 Å². The molecule has 1 aromatic rings. The van der Waals surface area contributed by atoms with Crippen LogP contribution in [0, 0.1) is 12.8 Å². The maximum Gasteiger partial charge on any atom is 0.227 e. The van der Waals surface area contributed by atoms with Crippen LogP contribution in [0.2, 0.25) is 0 Å². The molecule has 1 aromatic carbocycles. The molecule has 4 nitrogen and oxygen atoms in total. The Kier molecular flexibility index (Phi) is 4.95. The Labute approximate surface area is 125 Å². The van der Waals surface area contributed by atoms with Crippen LogP contribution in [0.5, 0.6) is 0 Å². The molecule has 0 aliphatic heterocycles. The summed E-state index contributed by atoms with van der Waals surface area (Å²) in [7, 11) is 0. The number of amides is 1. The van der Waals surface area contributed by atoms with Crippen LogP contribution in [0.25, 0.3) is 0 Å². The van der Waals surface area contributed by atoms with Gasteiger partial charge in [-0.25, -0.2) is 0 Å². The summed E-state index contributed by atoms with van der Waals surface area (Å²) in [5.74, 6) is 0.224.